The lowest BCUT2D eigenvalue weighted by Crippen LogP contribution is -2.24. The molecule has 0 aliphatic carbocycles. The van der Waals surface area contributed by atoms with E-state index >= 15 is 0 Å². The molecule has 5 nitrogen and oxygen atoms in total. The van der Waals surface area contributed by atoms with E-state index < -0.39 is 5.91 Å². The van der Waals surface area contributed by atoms with Gasteiger partial charge in [0.15, 0.2) is 6.61 Å². The van der Waals surface area contributed by atoms with E-state index in [-0.39, 0.29) is 12.4 Å². The molecular formula is C16H15ClN2O3. The highest BCUT2D eigenvalue weighted by atomic mass is 35.5. The third-order valence-corrected chi connectivity index (χ3v) is 3.06. The minimum Gasteiger partial charge on any atom is -0.507 e. The molecule has 0 aliphatic heterocycles. The summed E-state index contributed by atoms with van der Waals surface area (Å²) in [6.07, 6.45) is 1.36. The maximum atomic E-state index is 11.6. The Morgan fingerprint density at radius 3 is 2.86 bits per heavy atom. The summed E-state index contributed by atoms with van der Waals surface area (Å²) >= 11 is 5.84. The summed E-state index contributed by atoms with van der Waals surface area (Å²) in [5.41, 5.74) is 3.68. The second kappa shape index (κ2) is 7.47. The van der Waals surface area contributed by atoms with Crippen LogP contribution in [0.2, 0.25) is 5.02 Å². The number of nitrogens with one attached hydrogen (secondary N) is 1. The maximum Gasteiger partial charge on any atom is 0.277 e. The summed E-state index contributed by atoms with van der Waals surface area (Å²) in [4.78, 5) is 11.6. The highest BCUT2D eigenvalue weighted by molar-refractivity contribution is 6.30. The molecule has 2 N–H and O–H groups in total. The summed E-state index contributed by atoms with van der Waals surface area (Å²) in [7, 11) is 0. The van der Waals surface area contributed by atoms with Crippen molar-refractivity contribution in [3.8, 4) is 11.5 Å². The standard InChI is InChI=1S/C16H15ClN2O3/c1-11-8-13(17)6-7-15(11)22-10-16(21)19-18-9-12-4-2-3-5-14(12)20/h2-9,20H,10H2,1H3,(H,19,21)/b18-9-. The molecule has 0 bridgehead atoms. The average molecular weight is 319 g/mol. The quantitative estimate of drug-likeness (QED) is 0.658. The number of benzene rings is 2. The fourth-order valence-electron chi connectivity index (χ4n) is 1.72. The van der Waals surface area contributed by atoms with Crippen LogP contribution in [-0.2, 0) is 4.79 Å². The van der Waals surface area contributed by atoms with Crippen LogP contribution >= 0.6 is 11.6 Å². The molecule has 0 unspecified atom stereocenters. The molecule has 0 atom stereocenters. The molecule has 22 heavy (non-hydrogen) atoms. The Hall–Kier alpha value is -2.53. The maximum absolute atomic E-state index is 11.6. The number of rotatable bonds is 5. The highest BCUT2D eigenvalue weighted by Crippen LogP contribution is 2.21. The van der Waals surface area contributed by atoms with E-state index in [1.54, 1.807) is 36.4 Å². The van der Waals surface area contributed by atoms with Crippen molar-refractivity contribution in [1.29, 1.82) is 0 Å². The van der Waals surface area contributed by atoms with E-state index in [1.165, 1.54) is 12.3 Å². The van der Waals surface area contributed by atoms with Crippen molar-refractivity contribution in [2.45, 2.75) is 6.92 Å². The molecule has 0 aliphatic rings. The molecule has 0 spiro atoms. The number of aryl methyl sites for hydroxylation is 1. The van der Waals surface area contributed by atoms with Crippen LogP contribution in [0.1, 0.15) is 11.1 Å². The van der Waals surface area contributed by atoms with Crippen molar-refractivity contribution in [2.75, 3.05) is 6.61 Å². The summed E-state index contributed by atoms with van der Waals surface area (Å²) < 4.78 is 5.39. The van der Waals surface area contributed by atoms with E-state index in [1.807, 2.05) is 6.92 Å². The van der Waals surface area contributed by atoms with Crippen molar-refractivity contribution in [3.05, 3.63) is 58.6 Å². The second-order valence-corrected chi connectivity index (χ2v) is 4.99. The van der Waals surface area contributed by atoms with Gasteiger partial charge in [-0.25, -0.2) is 5.43 Å². The zero-order chi connectivity index (χ0) is 15.9. The first kappa shape index (κ1) is 15.9. The number of aromatic hydroxyl groups is 1. The van der Waals surface area contributed by atoms with Gasteiger partial charge in [-0.2, -0.15) is 5.10 Å². The van der Waals surface area contributed by atoms with E-state index in [9.17, 15) is 9.90 Å². The van der Waals surface area contributed by atoms with Gasteiger partial charge in [0.2, 0.25) is 0 Å². The van der Waals surface area contributed by atoms with Gasteiger partial charge in [0.25, 0.3) is 5.91 Å². The van der Waals surface area contributed by atoms with Crippen LogP contribution < -0.4 is 10.2 Å². The Morgan fingerprint density at radius 1 is 1.36 bits per heavy atom. The SMILES string of the molecule is Cc1cc(Cl)ccc1OCC(=O)N/N=C\c1ccccc1O. The molecule has 1 amide bonds. The van der Waals surface area contributed by atoms with Crippen LogP contribution in [0.25, 0.3) is 0 Å². The van der Waals surface area contributed by atoms with Gasteiger partial charge in [-0.15, -0.1) is 0 Å². The lowest BCUT2D eigenvalue weighted by Gasteiger charge is -2.08. The molecule has 0 fully saturated rings. The predicted molar refractivity (Wildman–Crippen MR) is 85.5 cm³/mol. The Morgan fingerprint density at radius 2 is 2.14 bits per heavy atom. The van der Waals surface area contributed by atoms with Gasteiger partial charge in [-0.1, -0.05) is 23.7 Å². The molecule has 0 saturated carbocycles. The number of halogens is 1. The normalized spacial score (nSPS) is 10.6. The van der Waals surface area contributed by atoms with Gasteiger partial charge in [0, 0.05) is 10.6 Å². The molecule has 2 aromatic carbocycles. The number of phenols is 1. The van der Waals surface area contributed by atoms with Crippen LogP contribution in [0.15, 0.2) is 47.6 Å². The Kier molecular flexibility index (Phi) is 5.38. The molecule has 0 radical (unpaired) electrons. The average Bonchev–Trinajstić information content (AvgIpc) is 2.48. The summed E-state index contributed by atoms with van der Waals surface area (Å²) in [6, 6.07) is 11.8. The van der Waals surface area contributed by atoms with Crippen LogP contribution in [0.5, 0.6) is 11.5 Å². The van der Waals surface area contributed by atoms with Crippen molar-refractivity contribution < 1.29 is 14.6 Å². The van der Waals surface area contributed by atoms with Crippen LogP contribution in [0.3, 0.4) is 0 Å². The predicted octanol–water partition coefficient (Wildman–Crippen LogP) is 2.88. The number of para-hydroxylation sites is 1. The number of hydrogen-bond donors (Lipinski definition) is 2. The Labute approximate surface area is 133 Å². The van der Waals surface area contributed by atoms with E-state index in [0.29, 0.717) is 16.3 Å². The largest absolute Gasteiger partial charge is 0.507 e. The second-order valence-electron chi connectivity index (χ2n) is 4.55. The smallest absolute Gasteiger partial charge is 0.277 e. The number of phenolic OH excluding ortho intramolecular Hbond substituents is 1. The first-order chi connectivity index (χ1) is 10.6. The molecule has 0 heterocycles. The molecule has 6 heteroatoms. The lowest BCUT2D eigenvalue weighted by molar-refractivity contribution is -0.123. The topological polar surface area (TPSA) is 70.9 Å². The number of hydrazone groups is 1. The van der Waals surface area contributed by atoms with Crippen molar-refractivity contribution >= 4 is 23.7 Å². The number of carbonyl (C=O) groups excluding carboxylic acids is 1. The van der Waals surface area contributed by atoms with Crippen molar-refractivity contribution in [3.63, 3.8) is 0 Å². The molecular weight excluding hydrogens is 304 g/mol. The first-order valence-electron chi connectivity index (χ1n) is 6.55. The third kappa shape index (κ3) is 4.49. The fourth-order valence-corrected chi connectivity index (χ4v) is 1.95. The highest BCUT2D eigenvalue weighted by Gasteiger charge is 2.04. The van der Waals surface area contributed by atoms with Gasteiger partial charge in [-0.3, -0.25) is 4.79 Å². The monoisotopic (exact) mass is 318 g/mol. The van der Waals surface area contributed by atoms with Crippen molar-refractivity contribution in [2.24, 2.45) is 5.10 Å². The van der Waals surface area contributed by atoms with Crippen LogP contribution in [0, 0.1) is 6.92 Å². The molecule has 2 rings (SSSR count). The minimum atomic E-state index is -0.402. The van der Waals surface area contributed by atoms with E-state index in [0.717, 1.165) is 5.56 Å². The lowest BCUT2D eigenvalue weighted by atomic mass is 10.2. The Bertz CT molecular complexity index is 702. The van der Waals surface area contributed by atoms with Gasteiger partial charge in [-0.05, 0) is 42.8 Å². The fraction of sp³-hybridized carbons (Fsp3) is 0.125. The van der Waals surface area contributed by atoms with Gasteiger partial charge in [0.05, 0.1) is 6.21 Å². The Balaban J connectivity index is 1.84. The van der Waals surface area contributed by atoms with Gasteiger partial charge in [0.1, 0.15) is 11.5 Å². The summed E-state index contributed by atoms with van der Waals surface area (Å²) in [5.74, 6) is 0.277. The number of nitrogens with zero attached hydrogens (tertiary/aromatic N) is 1. The van der Waals surface area contributed by atoms with Crippen LogP contribution in [-0.4, -0.2) is 23.8 Å². The molecule has 0 saturated heterocycles. The zero-order valence-corrected chi connectivity index (χ0v) is 12.7. The van der Waals surface area contributed by atoms with Crippen LogP contribution in [0.4, 0.5) is 0 Å². The first-order valence-corrected chi connectivity index (χ1v) is 6.93. The van der Waals surface area contributed by atoms with E-state index in [4.69, 9.17) is 16.3 Å². The van der Waals surface area contributed by atoms with Gasteiger partial charge < -0.3 is 9.84 Å². The minimum absolute atomic E-state index is 0.0912. The van der Waals surface area contributed by atoms with E-state index in [2.05, 4.69) is 10.5 Å². The van der Waals surface area contributed by atoms with Crippen molar-refractivity contribution in [1.82, 2.24) is 5.43 Å². The number of carbonyl (C=O) groups is 1. The van der Waals surface area contributed by atoms with Gasteiger partial charge >= 0.3 is 0 Å². The molecule has 2 aromatic rings. The molecule has 114 valence electrons. The number of hydrogen-bond acceptors (Lipinski definition) is 4. The number of ether oxygens (including phenoxy) is 1. The number of amides is 1. The third-order valence-electron chi connectivity index (χ3n) is 2.83. The molecule has 0 aromatic heterocycles. The zero-order valence-electron chi connectivity index (χ0n) is 11.9. The summed E-state index contributed by atoms with van der Waals surface area (Å²) in [6.45, 7) is 1.68. The summed E-state index contributed by atoms with van der Waals surface area (Å²) in [5, 5.41) is 13.9.